The van der Waals surface area contributed by atoms with E-state index in [0.29, 0.717) is 12.2 Å². The van der Waals surface area contributed by atoms with E-state index in [2.05, 4.69) is 15.3 Å². The van der Waals surface area contributed by atoms with Gasteiger partial charge in [-0.05, 0) is 13.3 Å². The molecule has 5 heteroatoms. The van der Waals surface area contributed by atoms with Crippen molar-refractivity contribution in [3.63, 3.8) is 0 Å². The molecular formula is C10H16N4O. The van der Waals surface area contributed by atoms with Crippen LogP contribution in [0.4, 0.5) is 0 Å². The first-order valence-electron chi connectivity index (χ1n) is 4.96. The molecule has 0 fully saturated rings. The number of rotatable bonds is 4. The molecule has 1 unspecified atom stereocenters. The lowest BCUT2D eigenvalue weighted by Gasteiger charge is -2.09. The van der Waals surface area contributed by atoms with E-state index in [1.807, 2.05) is 13.8 Å². The third kappa shape index (κ3) is 3.63. The lowest BCUT2D eigenvalue weighted by Crippen LogP contribution is -2.37. The predicted octanol–water partition coefficient (Wildman–Crippen LogP) is 0.252. The number of nitrogens with zero attached hydrogens (tertiary/aromatic N) is 2. The molecule has 5 nitrogen and oxygen atoms in total. The molecule has 0 bridgehead atoms. The van der Waals surface area contributed by atoms with E-state index in [9.17, 15) is 4.79 Å². The van der Waals surface area contributed by atoms with Crippen LogP contribution in [0.15, 0.2) is 12.4 Å². The topological polar surface area (TPSA) is 80.9 Å². The van der Waals surface area contributed by atoms with Gasteiger partial charge in [-0.15, -0.1) is 0 Å². The highest BCUT2D eigenvalue weighted by molar-refractivity contribution is 5.91. The van der Waals surface area contributed by atoms with E-state index >= 15 is 0 Å². The molecule has 0 saturated heterocycles. The fourth-order valence-electron chi connectivity index (χ4n) is 0.969. The van der Waals surface area contributed by atoms with E-state index in [1.165, 1.54) is 6.20 Å². The molecule has 0 aliphatic carbocycles. The molecule has 0 saturated carbocycles. The van der Waals surface area contributed by atoms with E-state index < -0.39 is 0 Å². The summed E-state index contributed by atoms with van der Waals surface area (Å²) in [5, 5.41) is 2.70. The standard InChI is InChI=1S/C10H16N4O/c1-3-8(11)5-14-10(15)9-6-12-7(2)4-13-9/h4,6,8H,3,5,11H2,1-2H3,(H,14,15). The number of carbonyl (C=O) groups excluding carboxylic acids is 1. The van der Waals surface area contributed by atoms with Gasteiger partial charge in [0.2, 0.25) is 0 Å². The molecule has 1 rings (SSSR count). The van der Waals surface area contributed by atoms with E-state index in [0.717, 1.165) is 12.1 Å². The lowest BCUT2D eigenvalue weighted by atomic mass is 10.2. The number of amides is 1. The van der Waals surface area contributed by atoms with Crippen molar-refractivity contribution in [1.82, 2.24) is 15.3 Å². The first-order valence-corrected chi connectivity index (χ1v) is 4.96. The van der Waals surface area contributed by atoms with Gasteiger partial charge in [0.1, 0.15) is 5.69 Å². The summed E-state index contributed by atoms with van der Waals surface area (Å²) < 4.78 is 0. The molecule has 0 radical (unpaired) electrons. The van der Waals surface area contributed by atoms with Gasteiger partial charge in [0.05, 0.1) is 11.9 Å². The molecule has 1 amide bonds. The summed E-state index contributed by atoms with van der Waals surface area (Å²) >= 11 is 0. The Bertz CT molecular complexity index is 323. The molecular weight excluding hydrogens is 192 g/mol. The molecule has 1 atom stereocenters. The molecule has 3 N–H and O–H groups in total. The van der Waals surface area contributed by atoms with Crippen LogP contribution in [0.5, 0.6) is 0 Å². The second-order valence-electron chi connectivity index (χ2n) is 3.42. The van der Waals surface area contributed by atoms with Crippen LogP contribution in [0, 0.1) is 6.92 Å². The number of aryl methyl sites for hydroxylation is 1. The van der Waals surface area contributed by atoms with E-state index in [4.69, 9.17) is 5.73 Å². The summed E-state index contributed by atoms with van der Waals surface area (Å²) in [4.78, 5) is 19.5. The van der Waals surface area contributed by atoms with Crippen molar-refractivity contribution in [2.75, 3.05) is 6.54 Å². The van der Waals surface area contributed by atoms with Crippen LogP contribution < -0.4 is 11.1 Å². The number of hydrogen-bond acceptors (Lipinski definition) is 4. The average Bonchev–Trinajstić information content (AvgIpc) is 2.26. The van der Waals surface area contributed by atoms with Gasteiger partial charge in [-0.1, -0.05) is 6.92 Å². The minimum absolute atomic E-state index is 0.00708. The number of carbonyl (C=O) groups is 1. The normalized spacial score (nSPS) is 12.2. The minimum Gasteiger partial charge on any atom is -0.349 e. The Morgan fingerprint density at radius 1 is 1.53 bits per heavy atom. The van der Waals surface area contributed by atoms with Crippen molar-refractivity contribution in [3.8, 4) is 0 Å². The summed E-state index contributed by atoms with van der Waals surface area (Å²) in [5.74, 6) is -0.230. The zero-order chi connectivity index (χ0) is 11.3. The Morgan fingerprint density at radius 2 is 2.27 bits per heavy atom. The molecule has 1 aromatic heterocycles. The molecule has 0 aliphatic rings. The molecule has 82 valence electrons. The first-order chi connectivity index (χ1) is 7.13. The maximum atomic E-state index is 11.5. The lowest BCUT2D eigenvalue weighted by molar-refractivity contribution is 0.0945. The Labute approximate surface area is 89.1 Å². The third-order valence-electron chi connectivity index (χ3n) is 2.06. The highest BCUT2D eigenvalue weighted by Gasteiger charge is 2.08. The fourth-order valence-corrected chi connectivity index (χ4v) is 0.969. The average molecular weight is 208 g/mol. The van der Waals surface area contributed by atoms with Gasteiger partial charge in [-0.25, -0.2) is 4.98 Å². The molecule has 15 heavy (non-hydrogen) atoms. The van der Waals surface area contributed by atoms with Crippen LogP contribution >= 0.6 is 0 Å². The summed E-state index contributed by atoms with van der Waals surface area (Å²) in [6.07, 6.45) is 3.86. The summed E-state index contributed by atoms with van der Waals surface area (Å²) in [6.45, 7) is 4.26. The van der Waals surface area contributed by atoms with Crippen molar-refractivity contribution < 1.29 is 4.79 Å². The molecule has 0 aromatic carbocycles. The molecule has 1 aromatic rings. The van der Waals surface area contributed by atoms with Gasteiger partial charge < -0.3 is 11.1 Å². The number of nitrogens with one attached hydrogen (secondary N) is 1. The summed E-state index contributed by atoms with van der Waals surface area (Å²) in [6, 6.07) is -0.00708. The Hall–Kier alpha value is -1.49. The quantitative estimate of drug-likeness (QED) is 0.743. The summed E-state index contributed by atoms with van der Waals surface area (Å²) in [5.41, 5.74) is 6.78. The third-order valence-corrected chi connectivity index (χ3v) is 2.06. The van der Waals surface area contributed by atoms with Crippen LogP contribution in [-0.2, 0) is 0 Å². The fraction of sp³-hybridized carbons (Fsp3) is 0.500. The Kier molecular flexibility index (Phi) is 4.17. The van der Waals surface area contributed by atoms with Gasteiger partial charge >= 0.3 is 0 Å². The van der Waals surface area contributed by atoms with E-state index in [-0.39, 0.29) is 11.9 Å². The number of hydrogen-bond donors (Lipinski definition) is 2. The molecule has 0 spiro atoms. The molecule has 0 aliphatic heterocycles. The number of nitrogens with two attached hydrogens (primary N) is 1. The Morgan fingerprint density at radius 3 is 2.80 bits per heavy atom. The van der Waals surface area contributed by atoms with Gasteiger partial charge in [0.25, 0.3) is 5.91 Å². The van der Waals surface area contributed by atoms with Crippen molar-refractivity contribution in [1.29, 1.82) is 0 Å². The van der Waals surface area contributed by atoms with Crippen LogP contribution in [0.25, 0.3) is 0 Å². The second-order valence-corrected chi connectivity index (χ2v) is 3.42. The van der Waals surface area contributed by atoms with Gasteiger partial charge in [-0.2, -0.15) is 0 Å². The highest BCUT2D eigenvalue weighted by atomic mass is 16.1. The number of aromatic nitrogens is 2. The van der Waals surface area contributed by atoms with Crippen LogP contribution in [0.3, 0.4) is 0 Å². The SMILES string of the molecule is CCC(N)CNC(=O)c1cnc(C)cn1. The van der Waals surface area contributed by atoms with Gasteiger partial charge in [0, 0.05) is 18.8 Å². The first kappa shape index (κ1) is 11.6. The van der Waals surface area contributed by atoms with Crippen molar-refractivity contribution in [3.05, 3.63) is 23.8 Å². The Balaban J connectivity index is 2.50. The van der Waals surface area contributed by atoms with Gasteiger partial charge in [0.15, 0.2) is 0 Å². The van der Waals surface area contributed by atoms with Gasteiger partial charge in [-0.3, -0.25) is 9.78 Å². The highest BCUT2D eigenvalue weighted by Crippen LogP contribution is 1.94. The van der Waals surface area contributed by atoms with Crippen LogP contribution in [-0.4, -0.2) is 28.5 Å². The largest absolute Gasteiger partial charge is 0.349 e. The maximum Gasteiger partial charge on any atom is 0.271 e. The van der Waals surface area contributed by atoms with Crippen molar-refractivity contribution >= 4 is 5.91 Å². The second kappa shape index (κ2) is 5.41. The van der Waals surface area contributed by atoms with Crippen LogP contribution in [0.1, 0.15) is 29.5 Å². The zero-order valence-electron chi connectivity index (χ0n) is 9.03. The van der Waals surface area contributed by atoms with Crippen molar-refractivity contribution in [2.24, 2.45) is 5.73 Å². The predicted molar refractivity (Wildman–Crippen MR) is 57.4 cm³/mol. The molecule has 1 heterocycles. The smallest absolute Gasteiger partial charge is 0.271 e. The maximum absolute atomic E-state index is 11.5. The van der Waals surface area contributed by atoms with Crippen LogP contribution in [0.2, 0.25) is 0 Å². The zero-order valence-corrected chi connectivity index (χ0v) is 9.03. The minimum atomic E-state index is -0.230. The van der Waals surface area contributed by atoms with E-state index in [1.54, 1.807) is 6.20 Å². The van der Waals surface area contributed by atoms with Crippen molar-refractivity contribution in [2.45, 2.75) is 26.3 Å². The summed E-state index contributed by atoms with van der Waals surface area (Å²) in [7, 11) is 0. The monoisotopic (exact) mass is 208 g/mol.